The molecule has 6 rings (SSSR count). The highest BCUT2D eigenvalue weighted by molar-refractivity contribution is 5.81. The van der Waals surface area contributed by atoms with Crippen LogP contribution < -0.4 is 0 Å². The molecule has 2 aromatic rings. The third kappa shape index (κ3) is 4.14. The number of benzene rings is 2. The number of hydrogen-bond acceptors (Lipinski definition) is 2. The number of unbranched alkanes of at least 4 members (excludes halogenated alkanes) is 3. The van der Waals surface area contributed by atoms with Crippen LogP contribution in [-0.4, -0.2) is 24.9 Å². The van der Waals surface area contributed by atoms with Crippen molar-refractivity contribution in [2.75, 3.05) is 13.2 Å². The molecule has 2 nitrogen and oxygen atoms in total. The predicted octanol–water partition coefficient (Wildman–Crippen LogP) is 9.03. The van der Waals surface area contributed by atoms with E-state index in [2.05, 4.69) is 94.5 Å². The first-order valence-electron chi connectivity index (χ1n) is 15.1. The fourth-order valence-corrected chi connectivity index (χ4v) is 8.31. The van der Waals surface area contributed by atoms with Crippen LogP contribution in [0, 0.1) is 5.41 Å². The zero-order chi connectivity index (χ0) is 26.4. The first-order valence-corrected chi connectivity index (χ1v) is 15.1. The van der Waals surface area contributed by atoms with E-state index in [0.29, 0.717) is 6.10 Å². The van der Waals surface area contributed by atoms with Crippen LogP contribution in [0.25, 0.3) is 11.6 Å². The lowest BCUT2D eigenvalue weighted by Crippen LogP contribution is -2.66. The molecule has 3 aliphatic carbocycles. The Labute approximate surface area is 230 Å². The summed E-state index contributed by atoms with van der Waals surface area (Å²) in [7, 11) is 0. The SMILES string of the molecule is CC(C)(C)OCCCCCCC1(C)C2(C=Cc3ccccc32)CC12C=C(CC1CCCO1)c1ccccc12. The summed E-state index contributed by atoms with van der Waals surface area (Å²) in [6.07, 6.45) is 18.9. The van der Waals surface area contributed by atoms with Crippen molar-refractivity contribution in [3.8, 4) is 0 Å². The lowest BCUT2D eigenvalue weighted by atomic mass is 9.34. The largest absolute Gasteiger partial charge is 0.378 e. The molecule has 1 aliphatic heterocycles. The first-order chi connectivity index (χ1) is 18.3. The van der Waals surface area contributed by atoms with Gasteiger partial charge in [-0.3, -0.25) is 0 Å². The fourth-order valence-electron chi connectivity index (χ4n) is 8.31. The minimum atomic E-state index is -0.0379. The molecule has 0 bridgehead atoms. The smallest absolute Gasteiger partial charge is 0.0616 e. The van der Waals surface area contributed by atoms with Gasteiger partial charge in [0, 0.05) is 24.0 Å². The van der Waals surface area contributed by atoms with Gasteiger partial charge in [0.1, 0.15) is 0 Å². The standard InChI is InChI=1S/C36H46O2/c1-33(2,3)38-23-12-6-5-11-20-34(4)35(21-19-27-14-7-9-17-31(27)35)26-36(34)25-28(24-29-15-13-22-37-29)30-16-8-10-18-32(30)36/h7-10,14,16-19,21,25,29H,5-6,11-13,15,20,22-24,26H2,1-4H3. The van der Waals surface area contributed by atoms with Gasteiger partial charge in [0.2, 0.25) is 0 Å². The van der Waals surface area contributed by atoms with Crippen molar-refractivity contribution in [3.63, 3.8) is 0 Å². The Bertz CT molecular complexity index is 1230. The molecule has 0 radical (unpaired) electrons. The van der Waals surface area contributed by atoms with Crippen LogP contribution in [0.1, 0.15) is 108 Å². The topological polar surface area (TPSA) is 18.5 Å². The summed E-state index contributed by atoms with van der Waals surface area (Å²) in [5.41, 5.74) is 7.85. The molecule has 0 aromatic heterocycles. The average molecular weight is 511 g/mol. The molecule has 38 heavy (non-hydrogen) atoms. The van der Waals surface area contributed by atoms with Crippen LogP contribution in [0.2, 0.25) is 0 Å². The lowest BCUT2D eigenvalue weighted by Gasteiger charge is -2.68. The third-order valence-corrected chi connectivity index (χ3v) is 10.3. The number of fused-ring (bicyclic) bond motifs is 4. The van der Waals surface area contributed by atoms with Gasteiger partial charge in [-0.1, -0.05) is 92.9 Å². The summed E-state index contributed by atoms with van der Waals surface area (Å²) in [6, 6.07) is 18.5. The van der Waals surface area contributed by atoms with Crippen molar-refractivity contribution in [2.45, 2.75) is 108 Å². The Balaban J connectivity index is 1.29. The van der Waals surface area contributed by atoms with Crippen LogP contribution in [0.4, 0.5) is 0 Å². The summed E-state index contributed by atoms with van der Waals surface area (Å²) >= 11 is 0. The molecule has 4 aliphatic rings. The molecule has 1 saturated carbocycles. The second kappa shape index (κ2) is 9.79. The maximum absolute atomic E-state index is 6.11. The monoisotopic (exact) mass is 510 g/mol. The number of allylic oxidation sites excluding steroid dienone is 2. The van der Waals surface area contributed by atoms with Crippen molar-refractivity contribution in [2.24, 2.45) is 5.41 Å². The average Bonchev–Trinajstić information content (AvgIpc) is 3.63. The Morgan fingerprint density at radius 2 is 1.68 bits per heavy atom. The maximum Gasteiger partial charge on any atom is 0.0616 e. The van der Waals surface area contributed by atoms with Crippen molar-refractivity contribution >= 4 is 11.6 Å². The molecule has 202 valence electrons. The van der Waals surface area contributed by atoms with E-state index in [1.54, 1.807) is 11.1 Å². The zero-order valence-corrected chi connectivity index (χ0v) is 24.0. The minimum absolute atomic E-state index is 0.0379. The Morgan fingerprint density at radius 1 is 0.921 bits per heavy atom. The van der Waals surface area contributed by atoms with E-state index in [9.17, 15) is 0 Å². The molecule has 2 fully saturated rings. The van der Waals surface area contributed by atoms with Gasteiger partial charge in [0.15, 0.2) is 0 Å². The van der Waals surface area contributed by atoms with Crippen LogP contribution in [0.15, 0.2) is 60.7 Å². The fraction of sp³-hybridized carbons (Fsp3) is 0.556. The Morgan fingerprint density at radius 3 is 2.47 bits per heavy atom. The highest BCUT2D eigenvalue weighted by Crippen LogP contribution is 2.76. The van der Waals surface area contributed by atoms with Crippen molar-refractivity contribution in [3.05, 3.63) is 82.9 Å². The molecule has 0 amide bonds. The van der Waals surface area contributed by atoms with Crippen LogP contribution in [0.3, 0.4) is 0 Å². The highest BCUT2D eigenvalue weighted by atomic mass is 16.5. The van der Waals surface area contributed by atoms with Gasteiger partial charge in [-0.2, -0.15) is 0 Å². The summed E-state index contributed by atoms with van der Waals surface area (Å²) in [5.74, 6) is 0. The second-order valence-electron chi connectivity index (χ2n) is 13.6. The van der Waals surface area contributed by atoms with Gasteiger partial charge in [0.05, 0.1) is 11.7 Å². The van der Waals surface area contributed by atoms with Crippen LogP contribution in [0.5, 0.6) is 0 Å². The van der Waals surface area contributed by atoms with Gasteiger partial charge in [-0.25, -0.2) is 0 Å². The van der Waals surface area contributed by atoms with Crippen LogP contribution >= 0.6 is 0 Å². The minimum Gasteiger partial charge on any atom is -0.378 e. The van der Waals surface area contributed by atoms with E-state index in [1.165, 1.54) is 61.6 Å². The van der Waals surface area contributed by atoms with Crippen molar-refractivity contribution in [1.82, 2.24) is 0 Å². The number of hydrogen-bond donors (Lipinski definition) is 0. The zero-order valence-electron chi connectivity index (χ0n) is 24.0. The lowest BCUT2D eigenvalue weighted by molar-refractivity contribution is -0.0499. The van der Waals surface area contributed by atoms with Gasteiger partial charge in [0.25, 0.3) is 0 Å². The second-order valence-corrected chi connectivity index (χ2v) is 13.6. The molecule has 0 N–H and O–H groups in total. The Kier molecular flexibility index (Phi) is 6.72. The molecule has 1 heterocycles. The summed E-state index contributed by atoms with van der Waals surface area (Å²) < 4.78 is 12.1. The molecule has 2 aromatic carbocycles. The summed E-state index contributed by atoms with van der Waals surface area (Å²) in [6.45, 7) is 10.9. The number of ether oxygens (including phenoxy) is 2. The molecular weight excluding hydrogens is 464 g/mol. The van der Waals surface area contributed by atoms with Gasteiger partial charge in [-0.15, -0.1) is 0 Å². The molecule has 4 unspecified atom stereocenters. The van der Waals surface area contributed by atoms with Gasteiger partial charge in [-0.05, 0) is 92.5 Å². The van der Waals surface area contributed by atoms with E-state index < -0.39 is 0 Å². The van der Waals surface area contributed by atoms with E-state index >= 15 is 0 Å². The van der Waals surface area contributed by atoms with E-state index in [0.717, 1.165) is 26.1 Å². The highest BCUT2D eigenvalue weighted by Gasteiger charge is 2.72. The maximum atomic E-state index is 6.11. The first kappa shape index (κ1) is 26.1. The summed E-state index contributed by atoms with van der Waals surface area (Å²) in [5, 5.41) is 0. The van der Waals surface area contributed by atoms with E-state index in [4.69, 9.17) is 9.47 Å². The molecule has 4 atom stereocenters. The molecule has 2 spiro atoms. The predicted molar refractivity (Wildman–Crippen MR) is 158 cm³/mol. The molecule has 2 heteroatoms. The van der Waals surface area contributed by atoms with E-state index in [1.807, 2.05) is 0 Å². The summed E-state index contributed by atoms with van der Waals surface area (Å²) in [4.78, 5) is 0. The van der Waals surface area contributed by atoms with Crippen molar-refractivity contribution in [1.29, 1.82) is 0 Å². The quantitative estimate of drug-likeness (QED) is 0.313. The van der Waals surface area contributed by atoms with Gasteiger partial charge >= 0.3 is 0 Å². The van der Waals surface area contributed by atoms with Gasteiger partial charge < -0.3 is 9.47 Å². The third-order valence-electron chi connectivity index (χ3n) is 10.3. The number of rotatable bonds is 9. The molecular formula is C36H46O2. The Hall–Kier alpha value is -2.16. The normalized spacial score (nSPS) is 31.1. The van der Waals surface area contributed by atoms with E-state index in [-0.39, 0.29) is 21.8 Å². The molecule has 1 saturated heterocycles. The van der Waals surface area contributed by atoms with Crippen molar-refractivity contribution < 1.29 is 9.47 Å². The van der Waals surface area contributed by atoms with Crippen LogP contribution in [-0.2, 0) is 20.3 Å².